The summed E-state index contributed by atoms with van der Waals surface area (Å²) in [6, 6.07) is 18.6. The van der Waals surface area contributed by atoms with Gasteiger partial charge in [-0.3, -0.25) is 9.36 Å². The van der Waals surface area contributed by atoms with Crippen LogP contribution in [-0.4, -0.2) is 28.0 Å². The summed E-state index contributed by atoms with van der Waals surface area (Å²) in [5.41, 5.74) is 3.64. The average molecular weight is 468 g/mol. The topological polar surface area (TPSA) is 73.2 Å². The van der Waals surface area contributed by atoms with Crippen LogP contribution in [0.15, 0.2) is 85.7 Å². The van der Waals surface area contributed by atoms with Crippen molar-refractivity contribution in [2.75, 3.05) is 11.9 Å². The number of hydrogen-bond donors (Lipinski definition) is 1. The summed E-state index contributed by atoms with van der Waals surface area (Å²) in [6.07, 6.45) is 7.36. The highest BCUT2D eigenvalue weighted by Gasteiger charge is 2.26. The number of rotatable bonds is 7. The van der Waals surface area contributed by atoms with Crippen LogP contribution >= 0.6 is 0 Å². The van der Waals surface area contributed by atoms with Crippen molar-refractivity contribution in [1.29, 1.82) is 0 Å². The number of carbonyl (C=O) groups excluding carboxylic acids is 2. The molecule has 4 aromatic rings. The number of benzene rings is 2. The van der Waals surface area contributed by atoms with Gasteiger partial charge in [0, 0.05) is 29.0 Å². The number of aromatic nitrogens is 2. The van der Waals surface area contributed by atoms with Crippen molar-refractivity contribution in [1.82, 2.24) is 9.55 Å². The SMILES string of the molecule is C=CCOC(=O)c1cc(C2CC2)cnc1Nc1ccc2c(ccn2C(=O)c2ccccc2)c1.CC. The Hall–Kier alpha value is -4.19. The van der Waals surface area contributed by atoms with E-state index in [9.17, 15) is 9.59 Å². The second-order valence-electron chi connectivity index (χ2n) is 8.08. The van der Waals surface area contributed by atoms with E-state index in [-0.39, 0.29) is 12.5 Å². The normalized spacial score (nSPS) is 12.4. The zero-order valence-corrected chi connectivity index (χ0v) is 20.0. The van der Waals surface area contributed by atoms with Crippen LogP contribution in [0.3, 0.4) is 0 Å². The van der Waals surface area contributed by atoms with E-state index in [1.165, 1.54) is 0 Å². The fourth-order valence-corrected chi connectivity index (χ4v) is 3.84. The van der Waals surface area contributed by atoms with Crippen molar-refractivity contribution < 1.29 is 14.3 Å². The highest BCUT2D eigenvalue weighted by Crippen LogP contribution is 2.40. The Morgan fingerprint density at radius 1 is 1.11 bits per heavy atom. The third kappa shape index (κ3) is 5.32. The Balaban J connectivity index is 0.00000141. The first-order valence-electron chi connectivity index (χ1n) is 11.9. The molecule has 1 fully saturated rings. The molecule has 0 amide bonds. The van der Waals surface area contributed by atoms with Crippen LogP contribution in [-0.2, 0) is 4.74 Å². The van der Waals surface area contributed by atoms with E-state index < -0.39 is 5.97 Å². The maximum atomic E-state index is 12.9. The van der Waals surface area contributed by atoms with E-state index in [0.29, 0.717) is 22.9 Å². The van der Waals surface area contributed by atoms with Crippen molar-refractivity contribution in [3.8, 4) is 0 Å². The first-order chi connectivity index (χ1) is 17.1. The molecule has 178 valence electrons. The molecule has 0 atom stereocenters. The van der Waals surface area contributed by atoms with Gasteiger partial charge in [-0.2, -0.15) is 0 Å². The van der Waals surface area contributed by atoms with E-state index in [1.807, 2.05) is 68.6 Å². The molecule has 0 saturated heterocycles. The monoisotopic (exact) mass is 467 g/mol. The fraction of sp³-hybridized carbons (Fsp3) is 0.207. The van der Waals surface area contributed by atoms with Crippen molar-refractivity contribution in [2.24, 2.45) is 0 Å². The molecule has 0 radical (unpaired) electrons. The van der Waals surface area contributed by atoms with Crippen LogP contribution in [0.5, 0.6) is 0 Å². The minimum Gasteiger partial charge on any atom is -0.458 e. The van der Waals surface area contributed by atoms with Crippen LogP contribution in [0.2, 0.25) is 0 Å². The Kier molecular flexibility index (Phi) is 7.41. The van der Waals surface area contributed by atoms with Gasteiger partial charge < -0.3 is 10.1 Å². The average Bonchev–Trinajstić information content (AvgIpc) is 3.68. The zero-order valence-electron chi connectivity index (χ0n) is 20.0. The summed E-state index contributed by atoms with van der Waals surface area (Å²) in [7, 11) is 0. The highest BCUT2D eigenvalue weighted by atomic mass is 16.5. The molecule has 6 nitrogen and oxygen atoms in total. The molecule has 2 aromatic heterocycles. The summed E-state index contributed by atoms with van der Waals surface area (Å²) in [5.74, 6) is 0.382. The third-order valence-corrected chi connectivity index (χ3v) is 5.70. The van der Waals surface area contributed by atoms with Gasteiger partial charge in [-0.1, -0.05) is 44.7 Å². The maximum Gasteiger partial charge on any atom is 0.342 e. The molecule has 0 bridgehead atoms. The van der Waals surface area contributed by atoms with Gasteiger partial charge >= 0.3 is 5.97 Å². The summed E-state index contributed by atoms with van der Waals surface area (Å²) >= 11 is 0. The van der Waals surface area contributed by atoms with Crippen LogP contribution in [0, 0.1) is 0 Å². The number of anilines is 2. The Morgan fingerprint density at radius 2 is 1.89 bits per heavy atom. The van der Waals surface area contributed by atoms with Gasteiger partial charge in [0.1, 0.15) is 18.0 Å². The lowest BCUT2D eigenvalue weighted by Gasteiger charge is -2.12. The molecule has 35 heavy (non-hydrogen) atoms. The predicted molar refractivity (Wildman–Crippen MR) is 139 cm³/mol. The zero-order chi connectivity index (χ0) is 24.8. The van der Waals surface area contributed by atoms with E-state index >= 15 is 0 Å². The standard InChI is InChI=1S/C27H23N3O3.C2H6/c1-2-14-33-27(32)23-16-21(18-8-9-18)17-28-25(23)29-22-10-11-24-20(15-22)12-13-30(24)26(31)19-6-4-3-5-7-19;1-2/h2-7,10-13,15-18H,1,8-9,14H2,(H,28,29);1-2H3. The second-order valence-corrected chi connectivity index (χ2v) is 8.08. The smallest absolute Gasteiger partial charge is 0.342 e. The van der Waals surface area contributed by atoms with Crippen molar-refractivity contribution in [3.63, 3.8) is 0 Å². The number of carbonyl (C=O) groups is 2. The first-order valence-corrected chi connectivity index (χ1v) is 11.9. The van der Waals surface area contributed by atoms with E-state index in [2.05, 4.69) is 16.9 Å². The molecule has 1 N–H and O–H groups in total. The van der Waals surface area contributed by atoms with Gasteiger partial charge in [0.2, 0.25) is 0 Å². The lowest BCUT2D eigenvalue weighted by molar-refractivity contribution is 0.0550. The van der Waals surface area contributed by atoms with E-state index in [1.54, 1.807) is 29.0 Å². The van der Waals surface area contributed by atoms with Gasteiger partial charge in [-0.25, -0.2) is 9.78 Å². The molecule has 6 heteroatoms. The number of nitrogens with zero attached hydrogens (tertiary/aromatic N) is 2. The largest absolute Gasteiger partial charge is 0.458 e. The van der Waals surface area contributed by atoms with Crippen LogP contribution in [0.1, 0.15) is 58.9 Å². The molecule has 0 aliphatic heterocycles. The number of nitrogens with one attached hydrogen (secondary N) is 1. The molecule has 1 saturated carbocycles. The highest BCUT2D eigenvalue weighted by molar-refractivity contribution is 6.03. The van der Waals surface area contributed by atoms with Crippen LogP contribution in [0.25, 0.3) is 10.9 Å². The Bertz CT molecular complexity index is 1350. The molecule has 1 aliphatic carbocycles. The minimum atomic E-state index is -0.437. The van der Waals surface area contributed by atoms with Crippen molar-refractivity contribution in [2.45, 2.75) is 32.6 Å². The number of esters is 1. The summed E-state index contributed by atoms with van der Waals surface area (Å²) in [6.45, 7) is 7.74. The molecule has 2 aromatic carbocycles. The fourth-order valence-electron chi connectivity index (χ4n) is 3.84. The first kappa shape index (κ1) is 24.0. The number of hydrogen-bond acceptors (Lipinski definition) is 5. The van der Waals surface area contributed by atoms with Gasteiger partial charge in [0.15, 0.2) is 0 Å². The molecular weight excluding hydrogens is 438 g/mol. The molecular formula is C29H29N3O3. The summed E-state index contributed by atoms with van der Waals surface area (Å²) in [5, 5.41) is 4.14. The molecule has 1 aliphatic rings. The molecule has 2 heterocycles. The van der Waals surface area contributed by atoms with E-state index in [0.717, 1.165) is 35.0 Å². The Morgan fingerprint density at radius 3 is 2.60 bits per heavy atom. The van der Waals surface area contributed by atoms with Crippen LogP contribution in [0.4, 0.5) is 11.5 Å². The summed E-state index contributed by atoms with van der Waals surface area (Å²) < 4.78 is 6.91. The lowest BCUT2D eigenvalue weighted by Crippen LogP contribution is -2.11. The second kappa shape index (κ2) is 10.8. The number of ether oxygens (including phenoxy) is 1. The maximum absolute atomic E-state index is 12.9. The summed E-state index contributed by atoms with van der Waals surface area (Å²) in [4.78, 5) is 30.0. The Labute approximate surface area is 205 Å². The van der Waals surface area contributed by atoms with Crippen molar-refractivity contribution in [3.05, 3.63) is 102 Å². The number of fused-ring (bicyclic) bond motifs is 1. The predicted octanol–water partition coefficient (Wildman–Crippen LogP) is 6.71. The minimum absolute atomic E-state index is 0.0871. The quantitative estimate of drug-likeness (QED) is 0.241. The van der Waals surface area contributed by atoms with Crippen molar-refractivity contribution >= 4 is 34.3 Å². The lowest BCUT2D eigenvalue weighted by atomic mass is 10.1. The molecule has 0 spiro atoms. The van der Waals surface area contributed by atoms with Gasteiger partial charge in [-0.15, -0.1) is 0 Å². The van der Waals surface area contributed by atoms with E-state index in [4.69, 9.17) is 4.74 Å². The third-order valence-electron chi connectivity index (χ3n) is 5.70. The van der Waals surface area contributed by atoms with Gasteiger partial charge in [-0.05, 0) is 66.8 Å². The molecule has 0 unspecified atom stereocenters. The molecule has 5 rings (SSSR count). The van der Waals surface area contributed by atoms with Gasteiger partial charge in [0.25, 0.3) is 5.91 Å². The van der Waals surface area contributed by atoms with Crippen LogP contribution < -0.4 is 5.32 Å². The number of pyridine rings is 1. The van der Waals surface area contributed by atoms with Gasteiger partial charge in [0.05, 0.1) is 5.52 Å².